The molecule has 2 N–H and O–H groups in total. The Morgan fingerprint density at radius 3 is 0.641 bits per heavy atom. The summed E-state index contributed by atoms with van der Waals surface area (Å²) in [4.78, 5) is 20.6. The number of carboxylic acid groups (broad SMARTS) is 2. The van der Waals surface area contributed by atoms with Crippen LogP contribution in [0, 0.1) is 0 Å². The molecule has 0 aliphatic heterocycles. The van der Waals surface area contributed by atoms with Gasteiger partial charge < -0.3 is 10.2 Å². The summed E-state index contributed by atoms with van der Waals surface area (Å²) in [6, 6.07) is 0. The minimum absolute atomic E-state index is 0. The Hall–Kier alpha value is -0.138. The van der Waals surface area contributed by atoms with Crippen molar-refractivity contribution in [2.45, 2.75) is 206 Å². The number of carboxylic acids is 2. The van der Waals surface area contributed by atoms with Gasteiger partial charge in [0, 0.05) is 40.1 Å². The Balaban J connectivity index is -0.000000648. The molecule has 0 rings (SSSR count). The fourth-order valence-corrected chi connectivity index (χ4v) is 4.94. The van der Waals surface area contributed by atoms with E-state index in [1.807, 2.05) is 0 Å². The van der Waals surface area contributed by atoms with E-state index in [2.05, 4.69) is 13.8 Å². The van der Waals surface area contributed by atoms with Crippen molar-refractivity contribution in [3.63, 3.8) is 0 Å². The molecule has 0 fully saturated rings. The van der Waals surface area contributed by atoms with Crippen molar-refractivity contribution in [3.8, 4) is 0 Å². The maximum absolute atomic E-state index is 10.3. The Morgan fingerprint density at radius 1 is 0.333 bits per heavy atom. The van der Waals surface area contributed by atoms with Crippen LogP contribution in [0.1, 0.15) is 206 Å². The summed E-state index contributed by atoms with van der Waals surface area (Å²) < 4.78 is 0. The first-order valence-corrected chi connectivity index (χ1v) is 17.0. The fourth-order valence-electron chi connectivity index (χ4n) is 4.94. The van der Waals surface area contributed by atoms with Crippen molar-refractivity contribution in [1.29, 1.82) is 0 Å². The number of hydrogen-bond acceptors (Lipinski definition) is 2. The predicted octanol–water partition coefficient (Wildman–Crippen LogP) is 11.5. The zero-order chi connectivity index (χ0) is 28.4. The topological polar surface area (TPSA) is 74.6 Å². The van der Waals surface area contributed by atoms with Gasteiger partial charge in [-0.05, 0) is 12.8 Å². The van der Waals surface area contributed by atoms with Gasteiger partial charge in [0.05, 0.1) is 0 Å². The zero-order valence-electron chi connectivity index (χ0n) is 26.4. The maximum Gasteiger partial charge on any atom is 0.303 e. The van der Waals surface area contributed by atoms with Crippen molar-refractivity contribution < 1.29 is 19.8 Å². The van der Waals surface area contributed by atoms with Crippen LogP contribution >= 0.6 is 0 Å². The van der Waals surface area contributed by atoms with Gasteiger partial charge in [0.15, 0.2) is 0 Å². The van der Waals surface area contributed by atoms with Crippen molar-refractivity contribution in [2.75, 3.05) is 0 Å². The third-order valence-electron chi connectivity index (χ3n) is 7.49. The molecule has 0 bridgehead atoms. The van der Waals surface area contributed by atoms with Crippen LogP contribution in [0.2, 0.25) is 0 Å². The van der Waals surface area contributed by atoms with Gasteiger partial charge in [0.1, 0.15) is 0 Å². The van der Waals surface area contributed by atoms with E-state index in [4.69, 9.17) is 10.2 Å². The van der Waals surface area contributed by atoms with Crippen LogP contribution in [-0.2, 0) is 9.59 Å². The van der Waals surface area contributed by atoms with E-state index in [0.29, 0.717) is 12.8 Å². The summed E-state index contributed by atoms with van der Waals surface area (Å²) in [5.74, 6) is -1.31. The van der Waals surface area contributed by atoms with Crippen LogP contribution in [0.4, 0.5) is 0 Å². The summed E-state index contributed by atoms with van der Waals surface area (Å²) in [5.41, 5.74) is 0. The monoisotopic (exact) mass is 748 g/mol. The van der Waals surface area contributed by atoms with Crippen LogP contribution in [-0.4, -0.2) is 49.5 Å². The minimum Gasteiger partial charge on any atom is -0.481 e. The molecule has 0 aromatic carbocycles. The maximum atomic E-state index is 10.3. The molecule has 0 saturated carbocycles. The molecule has 5 heteroatoms. The summed E-state index contributed by atoms with van der Waals surface area (Å²) in [5, 5.41) is 17.0. The Morgan fingerprint density at radius 2 is 0.487 bits per heavy atom. The second kappa shape index (κ2) is 40.0. The van der Waals surface area contributed by atoms with Gasteiger partial charge in [-0.1, -0.05) is 181 Å². The summed E-state index contributed by atoms with van der Waals surface area (Å²) in [6.45, 7) is 4.53. The van der Waals surface area contributed by atoms with Gasteiger partial charge in [-0.15, -0.1) is 0 Å². The van der Waals surface area contributed by atoms with Gasteiger partial charge in [-0.2, -0.15) is 0 Å². The molecule has 0 heterocycles. The van der Waals surface area contributed by atoms with E-state index in [9.17, 15) is 9.59 Å². The van der Waals surface area contributed by atoms with Crippen molar-refractivity contribution in [2.24, 2.45) is 0 Å². The number of hydrogen-bond donors (Lipinski definition) is 2. The predicted molar refractivity (Wildman–Crippen MR) is 171 cm³/mol. The van der Waals surface area contributed by atoms with Crippen molar-refractivity contribution in [3.05, 3.63) is 0 Å². The molecule has 232 valence electrons. The number of rotatable bonds is 30. The molecule has 0 amide bonds. The smallest absolute Gasteiger partial charge is 0.303 e. The van der Waals surface area contributed by atoms with E-state index < -0.39 is 11.9 Å². The first kappa shape index (κ1) is 43.3. The van der Waals surface area contributed by atoms with Crippen LogP contribution in [0.3, 0.4) is 0 Å². The molecule has 0 saturated heterocycles. The molecule has 0 spiro atoms. The first-order valence-electron chi connectivity index (χ1n) is 17.0. The van der Waals surface area contributed by atoms with E-state index in [1.165, 1.54) is 154 Å². The SMILES string of the molecule is CCCCCCCCCCCCCCCCC(=O)O.CCCCCCCCCCCCCCCCC(=O)O.[Pb]. The van der Waals surface area contributed by atoms with Gasteiger partial charge in [-0.25, -0.2) is 0 Å². The molecule has 0 aromatic heterocycles. The normalized spacial score (nSPS) is 10.5. The quantitative estimate of drug-likeness (QED) is 0.0567. The van der Waals surface area contributed by atoms with Crippen LogP contribution in [0.25, 0.3) is 0 Å². The fraction of sp³-hybridized carbons (Fsp3) is 0.941. The summed E-state index contributed by atoms with van der Waals surface area (Å²) >= 11 is 0. The molecule has 0 aliphatic rings. The Kier molecular flexibility index (Phi) is 44.4. The largest absolute Gasteiger partial charge is 0.481 e. The van der Waals surface area contributed by atoms with Gasteiger partial charge in [0.2, 0.25) is 0 Å². The second-order valence-electron chi connectivity index (χ2n) is 11.5. The first-order chi connectivity index (χ1) is 18.5. The summed E-state index contributed by atoms with van der Waals surface area (Å²) in [7, 11) is 0. The third-order valence-corrected chi connectivity index (χ3v) is 7.49. The number of aliphatic carboxylic acids is 2. The Labute approximate surface area is 264 Å². The van der Waals surface area contributed by atoms with E-state index in [0.717, 1.165) is 25.7 Å². The molecule has 4 radical (unpaired) electrons. The van der Waals surface area contributed by atoms with Crippen LogP contribution in [0.15, 0.2) is 0 Å². The molecule has 0 aliphatic carbocycles. The number of unbranched alkanes of at least 4 members (excludes halogenated alkanes) is 26. The average molecular weight is 748 g/mol. The minimum atomic E-state index is -0.654. The van der Waals surface area contributed by atoms with Crippen molar-refractivity contribution in [1.82, 2.24) is 0 Å². The van der Waals surface area contributed by atoms with Gasteiger partial charge in [0.25, 0.3) is 0 Å². The molecular weight excluding hydrogens is 680 g/mol. The molecule has 0 atom stereocenters. The average Bonchev–Trinajstić information content (AvgIpc) is 2.89. The van der Waals surface area contributed by atoms with E-state index >= 15 is 0 Å². The van der Waals surface area contributed by atoms with E-state index in [1.54, 1.807) is 0 Å². The molecular formula is C34H68O4Pb. The van der Waals surface area contributed by atoms with E-state index in [-0.39, 0.29) is 27.3 Å². The van der Waals surface area contributed by atoms with Crippen LogP contribution in [0.5, 0.6) is 0 Å². The molecule has 0 aromatic rings. The van der Waals surface area contributed by atoms with Gasteiger partial charge >= 0.3 is 11.9 Å². The number of carbonyl (C=O) groups is 2. The Bertz CT molecular complexity index is 428. The third kappa shape index (κ3) is 48.0. The summed E-state index contributed by atoms with van der Waals surface area (Å²) in [6.07, 6.45) is 37.5. The van der Waals surface area contributed by atoms with Gasteiger partial charge in [-0.3, -0.25) is 9.59 Å². The zero-order valence-corrected chi connectivity index (χ0v) is 30.3. The molecule has 39 heavy (non-hydrogen) atoms. The standard InChI is InChI=1S/2C17H34O2.Pb/c2*1-2-3-4-5-6-7-8-9-10-11-12-13-14-15-16-17(18)19;/h2*2-16H2,1H3,(H,18,19);. The molecule has 0 unspecified atom stereocenters. The molecule has 4 nitrogen and oxygen atoms in total. The van der Waals surface area contributed by atoms with Crippen molar-refractivity contribution >= 4 is 39.2 Å². The second-order valence-corrected chi connectivity index (χ2v) is 11.5. The van der Waals surface area contributed by atoms with Crippen LogP contribution < -0.4 is 0 Å².